The Kier molecular flexibility index (Phi) is 4.76. The highest BCUT2D eigenvalue weighted by molar-refractivity contribution is 7.97. The summed E-state index contributed by atoms with van der Waals surface area (Å²) in [5.41, 5.74) is 2.53. The molecule has 1 aromatic heterocycles. The zero-order valence-electron chi connectivity index (χ0n) is 13.7. The molecular weight excluding hydrogens is 340 g/mol. The molecule has 25 heavy (non-hydrogen) atoms. The number of amides is 1. The number of non-ortho nitro benzene ring substituents is 1. The van der Waals surface area contributed by atoms with E-state index < -0.39 is 10.8 Å². The second-order valence-corrected chi connectivity index (χ2v) is 6.42. The van der Waals surface area contributed by atoms with E-state index >= 15 is 0 Å². The Morgan fingerprint density at radius 3 is 2.76 bits per heavy atom. The van der Waals surface area contributed by atoms with E-state index in [0.29, 0.717) is 17.0 Å². The van der Waals surface area contributed by atoms with Crippen molar-refractivity contribution in [2.24, 2.45) is 0 Å². The third-order valence-electron chi connectivity index (χ3n) is 3.87. The lowest BCUT2D eigenvalue weighted by molar-refractivity contribution is -0.384. The molecule has 0 atom stereocenters. The van der Waals surface area contributed by atoms with Crippen molar-refractivity contribution in [1.82, 2.24) is 0 Å². The number of rotatable bonds is 5. The van der Waals surface area contributed by atoms with Gasteiger partial charge in [-0.25, -0.2) is 0 Å². The van der Waals surface area contributed by atoms with Crippen molar-refractivity contribution < 1.29 is 14.1 Å². The van der Waals surface area contributed by atoms with Crippen LogP contribution < -0.4 is 5.32 Å². The summed E-state index contributed by atoms with van der Waals surface area (Å²) in [5, 5.41) is 14.6. The molecule has 0 aliphatic heterocycles. The summed E-state index contributed by atoms with van der Waals surface area (Å²) in [6.07, 6.45) is 1.95. The predicted octanol–water partition coefficient (Wildman–Crippen LogP) is 4.76. The van der Waals surface area contributed by atoms with E-state index in [1.807, 2.05) is 30.5 Å². The van der Waals surface area contributed by atoms with Gasteiger partial charge in [0.1, 0.15) is 5.58 Å². The number of carbonyl (C=O) groups excluding carboxylic acids is 1. The summed E-state index contributed by atoms with van der Waals surface area (Å²) in [5.74, 6) is 0.457. The van der Waals surface area contributed by atoms with Crippen molar-refractivity contribution in [1.29, 1.82) is 0 Å². The number of nitro groups is 1. The molecule has 1 N–H and O–H groups in total. The van der Waals surface area contributed by atoms with Crippen molar-refractivity contribution >= 4 is 40.0 Å². The molecule has 0 unspecified atom stereocenters. The van der Waals surface area contributed by atoms with Crippen molar-refractivity contribution in [2.75, 3.05) is 11.6 Å². The monoisotopic (exact) mass is 356 g/mol. The average molecular weight is 356 g/mol. The molecule has 0 aliphatic carbocycles. The molecule has 0 saturated carbocycles. The molecular formula is C18H16N2O4S. The van der Waals surface area contributed by atoms with E-state index in [1.165, 1.54) is 12.1 Å². The van der Waals surface area contributed by atoms with Crippen LogP contribution in [0.25, 0.3) is 11.0 Å². The lowest BCUT2D eigenvalue weighted by Crippen LogP contribution is -2.13. The SMILES string of the molecule is CSCc1c(C(=O)Nc2cc([N+](=O)[O-])ccc2C)oc2ccccc12. The van der Waals surface area contributed by atoms with Crippen molar-refractivity contribution in [3.05, 3.63) is 69.5 Å². The molecule has 128 valence electrons. The topological polar surface area (TPSA) is 85.4 Å². The fourth-order valence-electron chi connectivity index (χ4n) is 2.61. The van der Waals surface area contributed by atoms with Crippen LogP contribution in [0.2, 0.25) is 0 Å². The molecule has 3 aromatic rings. The Morgan fingerprint density at radius 2 is 2.04 bits per heavy atom. The van der Waals surface area contributed by atoms with Gasteiger partial charge < -0.3 is 9.73 Å². The molecule has 7 heteroatoms. The van der Waals surface area contributed by atoms with Crippen LogP contribution in [0.15, 0.2) is 46.9 Å². The summed E-state index contributed by atoms with van der Waals surface area (Å²) in [6.45, 7) is 1.78. The first-order valence-corrected chi connectivity index (χ1v) is 8.96. The number of nitro benzene ring substituents is 1. The molecule has 6 nitrogen and oxygen atoms in total. The van der Waals surface area contributed by atoms with Gasteiger partial charge >= 0.3 is 0 Å². The maximum absolute atomic E-state index is 12.7. The van der Waals surface area contributed by atoms with Gasteiger partial charge in [-0.15, -0.1) is 0 Å². The van der Waals surface area contributed by atoms with E-state index in [2.05, 4.69) is 5.32 Å². The molecule has 0 bridgehead atoms. The Bertz CT molecular complexity index is 965. The highest BCUT2D eigenvalue weighted by Gasteiger charge is 2.21. The Hall–Kier alpha value is -2.80. The molecule has 3 rings (SSSR count). The molecule has 1 amide bonds. The quantitative estimate of drug-likeness (QED) is 0.526. The summed E-state index contributed by atoms with van der Waals surface area (Å²) >= 11 is 1.59. The second-order valence-electron chi connectivity index (χ2n) is 5.55. The van der Waals surface area contributed by atoms with Crippen LogP contribution in [0, 0.1) is 17.0 Å². The van der Waals surface area contributed by atoms with E-state index in [1.54, 1.807) is 24.8 Å². The normalized spacial score (nSPS) is 10.8. The number of fused-ring (bicyclic) bond motifs is 1. The van der Waals surface area contributed by atoms with Gasteiger partial charge in [0.2, 0.25) is 0 Å². The first kappa shape index (κ1) is 17.0. The van der Waals surface area contributed by atoms with Crippen LogP contribution in [0.4, 0.5) is 11.4 Å². The van der Waals surface area contributed by atoms with Gasteiger partial charge in [-0.05, 0) is 24.8 Å². The minimum atomic E-state index is -0.491. The summed E-state index contributed by atoms with van der Waals surface area (Å²) < 4.78 is 5.74. The minimum Gasteiger partial charge on any atom is -0.451 e. The number of anilines is 1. The molecule has 0 spiro atoms. The number of nitrogens with zero attached hydrogens (tertiary/aromatic N) is 1. The molecule has 0 radical (unpaired) electrons. The van der Waals surface area contributed by atoms with Gasteiger partial charge in [0.05, 0.1) is 10.6 Å². The van der Waals surface area contributed by atoms with Gasteiger partial charge in [-0.1, -0.05) is 24.3 Å². The van der Waals surface area contributed by atoms with Gasteiger partial charge in [0, 0.05) is 28.8 Å². The second kappa shape index (κ2) is 6.98. The van der Waals surface area contributed by atoms with Crippen LogP contribution in [0.3, 0.4) is 0 Å². The lowest BCUT2D eigenvalue weighted by Gasteiger charge is -2.08. The standard InChI is InChI=1S/C18H16N2O4S/c1-11-7-8-12(20(22)23)9-15(11)19-18(21)17-14(10-25-2)13-5-3-4-6-16(13)24-17/h3-9H,10H2,1-2H3,(H,19,21). The van der Waals surface area contributed by atoms with E-state index in [0.717, 1.165) is 16.5 Å². The Labute approximate surface area is 148 Å². The van der Waals surface area contributed by atoms with E-state index in [-0.39, 0.29) is 11.4 Å². The van der Waals surface area contributed by atoms with Crippen molar-refractivity contribution in [3.8, 4) is 0 Å². The molecule has 2 aromatic carbocycles. The fourth-order valence-corrected chi connectivity index (χ4v) is 3.18. The maximum atomic E-state index is 12.7. The average Bonchev–Trinajstić information content (AvgIpc) is 2.96. The summed E-state index contributed by atoms with van der Waals surface area (Å²) in [6, 6.07) is 11.8. The van der Waals surface area contributed by atoms with Gasteiger partial charge in [-0.3, -0.25) is 14.9 Å². The summed E-state index contributed by atoms with van der Waals surface area (Å²) in [4.78, 5) is 23.2. The number of hydrogen-bond donors (Lipinski definition) is 1. The zero-order valence-corrected chi connectivity index (χ0v) is 14.6. The van der Waals surface area contributed by atoms with Gasteiger partial charge in [0.15, 0.2) is 5.76 Å². The largest absolute Gasteiger partial charge is 0.451 e. The lowest BCUT2D eigenvalue weighted by atomic mass is 10.1. The van der Waals surface area contributed by atoms with Crippen LogP contribution in [0.1, 0.15) is 21.7 Å². The smallest absolute Gasteiger partial charge is 0.291 e. The van der Waals surface area contributed by atoms with Crippen molar-refractivity contribution in [2.45, 2.75) is 12.7 Å². The summed E-state index contributed by atoms with van der Waals surface area (Å²) in [7, 11) is 0. The number of benzene rings is 2. The Morgan fingerprint density at radius 1 is 1.28 bits per heavy atom. The van der Waals surface area contributed by atoms with E-state index in [9.17, 15) is 14.9 Å². The van der Waals surface area contributed by atoms with Crippen LogP contribution in [-0.4, -0.2) is 17.1 Å². The fraction of sp³-hybridized carbons (Fsp3) is 0.167. The van der Waals surface area contributed by atoms with Crippen molar-refractivity contribution in [3.63, 3.8) is 0 Å². The third-order valence-corrected chi connectivity index (χ3v) is 4.45. The predicted molar refractivity (Wildman–Crippen MR) is 99.2 cm³/mol. The van der Waals surface area contributed by atoms with Gasteiger partial charge in [0.25, 0.3) is 11.6 Å². The molecule has 0 fully saturated rings. The van der Waals surface area contributed by atoms with Gasteiger partial charge in [-0.2, -0.15) is 11.8 Å². The number of aryl methyl sites for hydroxylation is 1. The number of thioether (sulfide) groups is 1. The Balaban J connectivity index is 1.99. The minimum absolute atomic E-state index is 0.0742. The number of carbonyl (C=O) groups is 1. The molecule has 0 aliphatic rings. The third kappa shape index (κ3) is 3.36. The van der Waals surface area contributed by atoms with Crippen LogP contribution in [0.5, 0.6) is 0 Å². The first-order valence-electron chi connectivity index (χ1n) is 7.57. The number of furan rings is 1. The number of nitrogens with one attached hydrogen (secondary N) is 1. The number of para-hydroxylation sites is 1. The molecule has 1 heterocycles. The van der Waals surface area contributed by atoms with E-state index in [4.69, 9.17) is 4.42 Å². The van der Waals surface area contributed by atoms with Crippen LogP contribution >= 0.6 is 11.8 Å². The molecule has 0 saturated heterocycles. The highest BCUT2D eigenvalue weighted by atomic mass is 32.2. The highest BCUT2D eigenvalue weighted by Crippen LogP contribution is 2.30. The first-order chi connectivity index (χ1) is 12.0. The van der Waals surface area contributed by atoms with Crippen LogP contribution in [-0.2, 0) is 5.75 Å². The number of hydrogen-bond acceptors (Lipinski definition) is 5. The zero-order chi connectivity index (χ0) is 18.0. The maximum Gasteiger partial charge on any atom is 0.291 e.